The van der Waals surface area contributed by atoms with Crippen LogP contribution in [0.5, 0.6) is 0 Å². The smallest absolute Gasteiger partial charge is 0.304 e. The van der Waals surface area contributed by atoms with Gasteiger partial charge in [0.2, 0.25) is 11.9 Å². The van der Waals surface area contributed by atoms with E-state index < -0.39 is 102 Å². The molecule has 0 spiro atoms. The van der Waals surface area contributed by atoms with Crippen LogP contribution >= 0.6 is 0 Å². The van der Waals surface area contributed by atoms with Gasteiger partial charge in [-0.25, -0.2) is 0 Å². The van der Waals surface area contributed by atoms with Gasteiger partial charge in [-0.15, -0.1) is 0 Å². The van der Waals surface area contributed by atoms with E-state index in [1.54, 1.807) is 13.8 Å². The topological polar surface area (TPSA) is 212 Å². The summed E-state index contributed by atoms with van der Waals surface area (Å²) in [6, 6.07) is 0. The quantitative estimate of drug-likeness (QED) is 0.188. The van der Waals surface area contributed by atoms with Gasteiger partial charge in [0.05, 0.1) is 24.2 Å². The number of esters is 6. The van der Waals surface area contributed by atoms with Crippen molar-refractivity contribution in [2.24, 2.45) is 34.5 Å². The van der Waals surface area contributed by atoms with Crippen molar-refractivity contribution in [1.82, 2.24) is 0 Å². The van der Waals surface area contributed by atoms with E-state index in [-0.39, 0.29) is 47.3 Å². The summed E-state index contributed by atoms with van der Waals surface area (Å²) >= 11 is 0. The van der Waals surface area contributed by atoms with Crippen molar-refractivity contribution in [1.29, 1.82) is 0 Å². The minimum Gasteiger partial charge on any atom is -0.463 e. The summed E-state index contributed by atoms with van der Waals surface area (Å²) in [7, 11) is 0. The number of hydrogen-bond donors (Lipinski definition) is 0. The minimum absolute atomic E-state index is 0.138. The largest absolute Gasteiger partial charge is 0.463 e. The fourth-order valence-electron chi connectivity index (χ4n) is 12.7. The van der Waals surface area contributed by atoms with Gasteiger partial charge in [0.1, 0.15) is 18.8 Å². The highest BCUT2D eigenvalue weighted by atomic mass is 16.7. The number of carbonyl (C=O) groups is 7. The fourth-order valence-corrected chi connectivity index (χ4v) is 12.7. The van der Waals surface area contributed by atoms with Crippen molar-refractivity contribution >= 4 is 41.6 Å². The second-order valence-electron chi connectivity index (χ2n) is 19.5. The van der Waals surface area contributed by atoms with Crippen molar-refractivity contribution in [2.45, 2.75) is 188 Å². The van der Waals surface area contributed by atoms with E-state index in [4.69, 9.17) is 47.4 Å². The lowest BCUT2D eigenvalue weighted by molar-refractivity contribution is -0.320. The summed E-state index contributed by atoms with van der Waals surface area (Å²) in [6.45, 7) is 16.6. The van der Waals surface area contributed by atoms with E-state index in [0.717, 1.165) is 32.1 Å². The number of carbonyl (C=O) groups excluding carboxylic acids is 7. The Morgan fingerprint density at radius 2 is 1.36 bits per heavy atom. The summed E-state index contributed by atoms with van der Waals surface area (Å²) < 4.78 is 60.2. The Morgan fingerprint density at radius 1 is 0.719 bits per heavy atom. The Labute approximate surface area is 373 Å². The molecule has 16 atom stereocenters. The second kappa shape index (κ2) is 17.9. The van der Waals surface area contributed by atoms with Crippen LogP contribution in [0.15, 0.2) is 22.8 Å². The number of fused-ring (bicyclic) bond motifs is 8. The molecular formula is C47H64O17. The third-order valence-electron chi connectivity index (χ3n) is 15.2. The molecule has 354 valence electrons. The number of hydrogen-bond acceptors (Lipinski definition) is 17. The van der Waals surface area contributed by atoms with E-state index in [0.29, 0.717) is 12.8 Å². The van der Waals surface area contributed by atoms with E-state index in [2.05, 4.69) is 19.9 Å². The Balaban J connectivity index is 1.14. The van der Waals surface area contributed by atoms with Crippen LogP contribution in [0.3, 0.4) is 0 Å². The van der Waals surface area contributed by atoms with Crippen LogP contribution in [-0.2, 0) is 80.9 Å². The van der Waals surface area contributed by atoms with E-state index >= 15 is 0 Å². The number of ether oxygens (including phenoxy) is 10. The minimum atomic E-state index is -1.65. The number of Topliss-reactive ketones (excluding diaryl/α,β-unsaturated/α-hetero) is 1. The van der Waals surface area contributed by atoms with Gasteiger partial charge in [-0.2, -0.15) is 0 Å². The lowest BCUT2D eigenvalue weighted by Crippen LogP contribution is -2.63. The lowest BCUT2D eigenvalue weighted by Gasteiger charge is -2.54. The number of rotatable bonds is 12. The average molecular weight is 901 g/mol. The summed E-state index contributed by atoms with van der Waals surface area (Å²) in [4.78, 5) is 87.5. The molecule has 0 bridgehead atoms. The van der Waals surface area contributed by atoms with Gasteiger partial charge in [-0.3, -0.25) is 33.6 Å². The molecule has 4 fully saturated rings. The molecule has 0 amide bonds. The maximum absolute atomic E-state index is 13.5. The molecule has 4 aliphatic carbocycles. The average Bonchev–Trinajstić information content (AvgIpc) is 3.82. The van der Waals surface area contributed by atoms with Crippen LogP contribution in [0.2, 0.25) is 0 Å². The molecule has 3 heterocycles. The van der Waals surface area contributed by atoms with Gasteiger partial charge in [0.25, 0.3) is 0 Å². The van der Waals surface area contributed by atoms with Gasteiger partial charge in [-0.05, 0) is 79.8 Å². The molecule has 0 N–H and O–H groups in total. The molecule has 64 heavy (non-hydrogen) atoms. The molecule has 0 aromatic rings. The molecule has 0 radical (unpaired) electrons. The Hall–Kier alpha value is -4.19. The van der Waals surface area contributed by atoms with E-state index in [1.165, 1.54) is 65.2 Å². The molecule has 7 aliphatic rings. The second-order valence-corrected chi connectivity index (χ2v) is 19.5. The van der Waals surface area contributed by atoms with Crippen LogP contribution in [0.25, 0.3) is 0 Å². The molecule has 0 aromatic carbocycles. The van der Waals surface area contributed by atoms with Crippen molar-refractivity contribution in [3.05, 3.63) is 22.8 Å². The van der Waals surface area contributed by atoms with Crippen LogP contribution in [0.1, 0.15) is 121 Å². The SMILES string of the molecule is CC(=O)OC[C@H]1O[C@@H](O[C@H]2CC[C@]3(C)C4=C(CC[C@H]3C2)C2=C[C@@H]3O[C@@H]5[C@@H]([C@@H](OC(C)=O)O[C@@H]5[C@](OC(C)=O)(C(C)=O)C(C)C)[C@@H]3[C@@]2(C)CC4)[C@H](OC(C)=O)[C@@H](OC(C)=O)[C@@H]1OC(C)=O. The monoisotopic (exact) mass is 900 g/mol. The van der Waals surface area contributed by atoms with Crippen LogP contribution < -0.4 is 0 Å². The predicted octanol–water partition coefficient (Wildman–Crippen LogP) is 4.93. The number of ketones is 1. The van der Waals surface area contributed by atoms with E-state index in [1.807, 2.05) is 0 Å². The Bertz CT molecular complexity index is 1990. The molecule has 0 unspecified atom stereocenters. The molecule has 0 aromatic heterocycles. The Morgan fingerprint density at radius 3 is 1.95 bits per heavy atom. The highest BCUT2D eigenvalue weighted by Gasteiger charge is 2.71. The number of allylic oxidation sites excluding steroid dienone is 3. The van der Waals surface area contributed by atoms with Gasteiger partial charge in [0.15, 0.2) is 30.4 Å². The first-order valence-electron chi connectivity index (χ1n) is 22.6. The summed E-state index contributed by atoms with van der Waals surface area (Å²) in [5, 5.41) is 0. The van der Waals surface area contributed by atoms with Crippen LogP contribution in [0, 0.1) is 34.5 Å². The maximum Gasteiger partial charge on any atom is 0.304 e. The third kappa shape index (κ3) is 8.43. The van der Waals surface area contributed by atoms with Crippen molar-refractivity contribution in [2.75, 3.05) is 6.61 Å². The van der Waals surface area contributed by atoms with Gasteiger partial charge < -0.3 is 47.4 Å². The zero-order valence-corrected chi connectivity index (χ0v) is 38.8. The lowest BCUT2D eigenvalue weighted by atomic mass is 9.51. The van der Waals surface area contributed by atoms with Crippen molar-refractivity contribution in [3.63, 3.8) is 0 Å². The molecule has 7 rings (SSSR count). The first kappa shape index (κ1) is 47.8. The highest BCUT2D eigenvalue weighted by Crippen LogP contribution is 2.68. The molecular weight excluding hydrogens is 836 g/mol. The zero-order chi connectivity index (χ0) is 46.8. The van der Waals surface area contributed by atoms with Gasteiger partial charge in [0, 0.05) is 53.4 Å². The normalized spacial score (nSPS) is 39.4. The molecule has 17 heteroatoms. The van der Waals surface area contributed by atoms with E-state index in [9.17, 15) is 33.6 Å². The van der Waals surface area contributed by atoms with Gasteiger partial charge >= 0.3 is 35.8 Å². The maximum atomic E-state index is 13.5. The van der Waals surface area contributed by atoms with Crippen LogP contribution in [0.4, 0.5) is 0 Å². The zero-order valence-electron chi connectivity index (χ0n) is 38.8. The molecule has 3 aliphatic heterocycles. The van der Waals surface area contributed by atoms with Crippen LogP contribution in [-0.4, -0.2) is 115 Å². The first-order chi connectivity index (χ1) is 30.0. The summed E-state index contributed by atoms with van der Waals surface area (Å²) in [5.74, 6) is -5.05. The standard InChI is InChI=1S/C47H64O17/c1-21(2)47(22(3)48,64-28(9)54)42-39-36(43(63-42)59-27(8)53)37-34(61-39)19-33-31-13-12-29-18-30(14-16-45(29,10)32(31)15-17-46(33,37)11)60-44-41(58-26(7)52)40(57-25(6)51)38(56-24(5)50)35(62-44)20-55-23(4)49/h19,21,29-30,34-44H,12-18,20H2,1-11H3/t29-,30-,34-,35+,36-,37+,38+,39+,40-,41+,42-,43-,44+,45-,46-,47+/m0/s1. The van der Waals surface area contributed by atoms with Gasteiger partial charge in [-0.1, -0.05) is 39.3 Å². The summed E-state index contributed by atoms with van der Waals surface area (Å²) in [6.07, 6.45) is -2.00. The van der Waals surface area contributed by atoms with Crippen molar-refractivity contribution in [3.8, 4) is 0 Å². The fraction of sp³-hybridized carbons (Fsp3) is 0.766. The third-order valence-corrected chi connectivity index (χ3v) is 15.2. The summed E-state index contributed by atoms with van der Waals surface area (Å²) in [5.41, 5.74) is 1.81. The predicted molar refractivity (Wildman–Crippen MR) is 220 cm³/mol. The molecule has 3 saturated heterocycles. The highest BCUT2D eigenvalue weighted by molar-refractivity contribution is 5.89. The Kier molecular flexibility index (Phi) is 13.4. The first-order valence-corrected chi connectivity index (χ1v) is 22.6. The molecule has 1 saturated carbocycles. The molecule has 17 nitrogen and oxygen atoms in total. The van der Waals surface area contributed by atoms with Crippen molar-refractivity contribution < 1.29 is 80.9 Å².